The molecule has 0 radical (unpaired) electrons. The molecule has 1 aliphatic heterocycles. The lowest BCUT2D eigenvalue weighted by molar-refractivity contribution is -0.137. The van der Waals surface area contributed by atoms with Crippen LogP contribution < -0.4 is 10.6 Å². The molecule has 1 aromatic heterocycles. The van der Waals surface area contributed by atoms with Crippen LogP contribution in [-0.4, -0.2) is 53.9 Å². The van der Waals surface area contributed by atoms with Crippen LogP contribution in [-0.2, 0) is 27.5 Å². The number of carbonyl (C=O) groups is 1. The third-order valence-corrected chi connectivity index (χ3v) is 8.24. The normalized spacial score (nSPS) is 14.7. The number of hydrogen-bond donors (Lipinski definition) is 0. The highest BCUT2D eigenvalue weighted by molar-refractivity contribution is 7.90. The number of alkyl halides is 3. The average Bonchev–Trinajstić information content (AvgIpc) is 3.20. The molecular formula is C26H23F3N4O4S. The molecule has 2 heterocycles. The largest absolute Gasteiger partial charge is 0.416 e. The van der Waals surface area contributed by atoms with E-state index in [2.05, 4.69) is 0 Å². The Kier molecular flexibility index (Phi) is 6.51. The van der Waals surface area contributed by atoms with E-state index >= 15 is 0 Å². The van der Waals surface area contributed by atoms with Crippen molar-refractivity contribution in [3.63, 3.8) is 0 Å². The number of rotatable bonds is 5. The Labute approximate surface area is 216 Å². The summed E-state index contributed by atoms with van der Waals surface area (Å²) in [6, 6.07) is 18.9. The number of anilines is 1. The third kappa shape index (κ3) is 4.67. The Morgan fingerprint density at radius 3 is 2.11 bits per heavy atom. The van der Waals surface area contributed by atoms with Gasteiger partial charge < -0.3 is 9.80 Å². The lowest BCUT2D eigenvalue weighted by Crippen LogP contribution is -2.50. The Hall–Kier alpha value is -4.06. The van der Waals surface area contributed by atoms with Gasteiger partial charge in [-0.25, -0.2) is 13.2 Å². The number of halogens is 3. The van der Waals surface area contributed by atoms with Gasteiger partial charge in [-0.15, -0.1) is 0 Å². The van der Waals surface area contributed by atoms with Crippen molar-refractivity contribution in [1.82, 2.24) is 13.4 Å². The van der Waals surface area contributed by atoms with E-state index in [1.807, 2.05) is 0 Å². The van der Waals surface area contributed by atoms with Crippen LogP contribution in [0.3, 0.4) is 0 Å². The molecule has 5 rings (SSSR count). The van der Waals surface area contributed by atoms with Gasteiger partial charge in [0.2, 0.25) is 5.91 Å². The molecule has 1 amide bonds. The molecule has 1 saturated heterocycles. The minimum atomic E-state index is -4.45. The summed E-state index contributed by atoms with van der Waals surface area (Å²) in [5.74, 6) is -0.393. The maximum absolute atomic E-state index is 13.4. The summed E-state index contributed by atoms with van der Waals surface area (Å²) in [7, 11) is -4.22. The molecule has 0 aliphatic carbocycles. The van der Waals surface area contributed by atoms with Crippen LogP contribution in [0.4, 0.5) is 18.9 Å². The van der Waals surface area contributed by atoms with Crippen molar-refractivity contribution in [3.8, 4) is 0 Å². The highest BCUT2D eigenvalue weighted by atomic mass is 32.2. The minimum absolute atomic E-state index is 0.0537. The van der Waals surface area contributed by atoms with Crippen LogP contribution in [0.1, 0.15) is 5.56 Å². The predicted octanol–water partition coefficient (Wildman–Crippen LogP) is 3.41. The fourth-order valence-corrected chi connectivity index (χ4v) is 6.02. The van der Waals surface area contributed by atoms with E-state index in [9.17, 15) is 31.2 Å². The summed E-state index contributed by atoms with van der Waals surface area (Å²) in [5, 5.41) is 0. The second-order valence-electron chi connectivity index (χ2n) is 8.86. The van der Waals surface area contributed by atoms with Crippen molar-refractivity contribution in [1.29, 1.82) is 0 Å². The summed E-state index contributed by atoms with van der Waals surface area (Å²) in [6.45, 7) is 0.730. The van der Waals surface area contributed by atoms with Gasteiger partial charge in [-0.2, -0.15) is 17.1 Å². The molecular weight excluding hydrogens is 521 g/mol. The minimum Gasteiger partial charge on any atom is -0.368 e. The quantitative estimate of drug-likeness (QED) is 0.385. The van der Waals surface area contributed by atoms with Crippen molar-refractivity contribution in [3.05, 3.63) is 94.9 Å². The number of para-hydroxylation sites is 2. The van der Waals surface area contributed by atoms with Gasteiger partial charge in [-0.3, -0.25) is 9.36 Å². The molecule has 0 saturated carbocycles. The maximum Gasteiger partial charge on any atom is 0.416 e. The zero-order valence-corrected chi connectivity index (χ0v) is 20.8. The first-order valence-corrected chi connectivity index (χ1v) is 13.2. The first kappa shape index (κ1) is 25.6. The molecule has 38 heavy (non-hydrogen) atoms. The van der Waals surface area contributed by atoms with Crippen molar-refractivity contribution in [2.24, 2.45) is 0 Å². The third-order valence-electron chi connectivity index (χ3n) is 6.54. The van der Waals surface area contributed by atoms with Gasteiger partial charge in [0, 0.05) is 31.9 Å². The molecule has 198 valence electrons. The van der Waals surface area contributed by atoms with Crippen LogP contribution >= 0.6 is 0 Å². The molecule has 0 unspecified atom stereocenters. The standard InChI is InChI=1S/C26H23F3N4O4S/c27-26(28,29)19-7-6-8-20(17-19)30-13-15-31(16-14-30)24(34)18-32-22-11-4-5-12-23(22)33(25(32)35)38(36,37)21-9-2-1-3-10-21/h1-12,17H,13-16,18H2. The molecule has 0 bridgehead atoms. The zero-order chi connectivity index (χ0) is 27.1. The lowest BCUT2D eigenvalue weighted by Gasteiger charge is -2.36. The van der Waals surface area contributed by atoms with Gasteiger partial charge in [0.25, 0.3) is 10.0 Å². The number of nitrogens with zero attached hydrogens (tertiary/aromatic N) is 4. The Balaban J connectivity index is 1.37. The SMILES string of the molecule is O=C(Cn1c(=O)n(S(=O)(=O)c2ccccc2)c2ccccc21)N1CCN(c2cccc(C(F)(F)F)c2)CC1. The molecule has 12 heteroatoms. The predicted molar refractivity (Wildman–Crippen MR) is 135 cm³/mol. The van der Waals surface area contributed by atoms with Crippen LogP contribution in [0.15, 0.2) is 88.6 Å². The van der Waals surface area contributed by atoms with Crippen molar-refractivity contribution < 1.29 is 26.4 Å². The van der Waals surface area contributed by atoms with Crippen LogP contribution in [0.5, 0.6) is 0 Å². The summed E-state index contributed by atoms with van der Waals surface area (Å²) in [5.41, 5.74) is -0.727. The average molecular weight is 545 g/mol. The zero-order valence-electron chi connectivity index (χ0n) is 20.0. The van der Waals surface area contributed by atoms with Gasteiger partial charge >= 0.3 is 11.9 Å². The lowest BCUT2D eigenvalue weighted by atomic mass is 10.1. The highest BCUT2D eigenvalue weighted by Gasteiger charge is 2.32. The van der Waals surface area contributed by atoms with Crippen molar-refractivity contribution >= 4 is 32.7 Å². The Morgan fingerprint density at radius 2 is 1.45 bits per heavy atom. The van der Waals surface area contributed by atoms with Crippen LogP contribution in [0.2, 0.25) is 0 Å². The number of fused-ring (bicyclic) bond motifs is 1. The smallest absolute Gasteiger partial charge is 0.368 e. The van der Waals surface area contributed by atoms with Crippen LogP contribution in [0.25, 0.3) is 11.0 Å². The molecule has 1 fully saturated rings. The van der Waals surface area contributed by atoms with Gasteiger partial charge in [0.05, 0.1) is 21.5 Å². The molecule has 0 atom stereocenters. The Morgan fingerprint density at radius 1 is 0.816 bits per heavy atom. The second kappa shape index (κ2) is 9.67. The first-order chi connectivity index (χ1) is 18.1. The van der Waals surface area contributed by atoms with E-state index in [1.54, 1.807) is 47.4 Å². The van der Waals surface area contributed by atoms with E-state index < -0.39 is 33.4 Å². The molecule has 0 N–H and O–H groups in total. The molecule has 1 aliphatic rings. The summed E-state index contributed by atoms with van der Waals surface area (Å²) < 4.78 is 67.7. The van der Waals surface area contributed by atoms with Crippen molar-refractivity contribution in [2.75, 3.05) is 31.1 Å². The fraction of sp³-hybridized carbons (Fsp3) is 0.231. The van der Waals surface area contributed by atoms with Gasteiger partial charge in [0.1, 0.15) is 6.54 Å². The Bertz CT molecular complexity index is 1660. The number of imidazole rings is 1. The van der Waals surface area contributed by atoms with E-state index in [0.29, 0.717) is 28.3 Å². The summed E-state index contributed by atoms with van der Waals surface area (Å²) >= 11 is 0. The van der Waals surface area contributed by atoms with E-state index in [-0.39, 0.29) is 30.0 Å². The van der Waals surface area contributed by atoms with E-state index in [4.69, 9.17) is 0 Å². The summed E-state index contributed by atoms with van der Waals surface area (Å²) in [6.07, 6.45) is -4.45. The van der Waals surface area contributed by atoms with Crippen molar-refractivity contribution in [2.45, 2.75) is 17.6 Å². The number of aromatic nitrogens is 2. The van der Waals surface area contributed by atoms with Gasteiger partial charge in [0.15, 0.2) is 0 Å². The van der Waals surface area contributed by atoms with Crippen LogP contribution in [0, 0.1) is 0 Å². The number of amides is 1. The second-order valence-corrected chi connectivity index (χ2v) is 10.6. The molecule has 0 spiro atoms. The number of hydrogen-bond acceptors (Lipinski definition) is 5. The first-order valence-electron chi connectivity index (χ1n) is 11.8. The van der Waals surface area contributed by atoms with E-state index in [1.165, 1.54) is 29.2 Å². The summed E-state index contributed by atoms with van der Waals surface area (Å²) in [4.78, 5) is 29.7. The number of carbonyl (C=O) groups excluding carboxylic acids is 1. The van der Waals surface area contributed by atoms with Gasteiger partial charge in [-0.1, -0.05) is 36.4 Å². The molecule has 4 aromatic rings. The molecule has 3 aromatic carbocycles. The fourth-order valence-electron chi connectivity index (χ4n) is 4.59. The highest BCUT2D eigenvalue weighted by Crippen LogP contribution is 2.32. The monoisotopic (exact) mass is 544 g/mol. The van der Waals surface area contributed by atoms with Gasteiger partial charge in [-0.05, 0) is 42.5 Å². The molecule has 8 nitrogen and oxygen atoms in total. The maximum atomic E-state index is 13.4. The topological polar surface area (TPSA) is 84.6 Å². The number of benzene rings is 3. The number of piperazine rings is 1. The van der Waals surface area contributed by atoms with E-state index in [0.717, 1.165) is 16.7 Å².